The lowest BCUT2D eigenvalue weighted by Crippen LogP contribution is -2.03. The van der Waals surface area contributed by atoms with Crippen molar-refractivity contribution >= 4 is 26.0 Å². The number of aliphatic hydroxyl groups is 1. The Balaban J connectivity index is 0.000000370. The van der Waals surface area contributed by atoms with Gasteiger partial charge in [0.25, 0.3) is 10.1 Å². The fraction of sp³-hybridized carbons (Fsp3) is 0.571. The Bertz CT molecular complexity index is 470. The predicted molar refractivity (Wildman–Crippen MR) is 84.3 cm³/mol. The zero-order valence-electron chi connectivity index (χ0n) is 11.9. The molecule has 0 radical (unpaired) electrons. The molecule has 1 unspecified atom stereocenters. The Hall–Kier alpha value is -0.430. The van der Waals surface area contributed by atoms with Crippen LogP contribution in [0.2, 0.25) is 0 Å². The van der Waals surface area contributed by atoms with Crippen molar-refractivity contribution in [2.45, 2.75) is 44.4 Å². The highest BCUT2D eigenvalue weighted by Gasteiger charge is 2.11. The number of rotatable bonds is 6. The average molecular weight is 367 g/mol. The SMILES string of the molecule is CCCCC(CC)CO.O=S(=O)(O)c1ccccc1Br. The van der Waals surface area contributed by atoms with Gasteiger partial charge in [-0.2, -0.15) is 8.42 Å². The summed E-state index contributed by atoms with van der Waals surface area (Å²) in [5, 5.41) is 8.75. The van der Waals surface area contributed by atoms with Crippen molar-refractivity contribution in [1.29, 1.82) is 0 Å². The van der Waals surface area contributed by atoms with Crippen LogP contribution >= 0.6 is 15.9 Å². The molecule has 1 atom stereocenters. The van der Waals surface area contributed by atoms with Crippen LogP contribution in [0.3, 0.4) is 0 Å². The highest BCUT2D eigenvalue weighted by atomic mass is 79.9. The van der Waals surface area contributed by atoms with E-state index >= 15 is 0 Å². The lowest BCUT2D eigenvalue weighted by Gasteiger charge is -2.08. The number of aliphatic hydroxyl groups excluding tert-OH is 1. The number of halogens is 1. The van der Waals surface area contributed by atoms with Gasteiger partial charge in [0.1, 0.15) is 4.90 Å². The van der Waals surface area contributed by atoms with Crippen LogP contribution in [0.25, 0.3) is 0 Å². The first-order chi connectivity index (χ1) is 9.36. The lowest BCUT2D eigenvalue weighted by atomic mass is 10.0. The van der Waals surface area contributed by atoms with Gasteiger partial charge in [-0.05, 0) is 40.4 Å². The summed E-state index contributed by atoms with van der Waals surface area (Å²) in [4.78, 5) is -0.111. The lowest BCUT2D eigenvalue weighted by molar-refractivity contribution is 0.212. The van der Waals surface area contributed by atoms with Crippen molar-refractivity contribution in [2.75, 3.05) is 6.61 Å². The summed E-state index contributed by atoms with van der Waals surface area (Å²) < 4.78 is 30.1. The number of hydrogen-bond donors (Lipinski definition) is 2. The normalized spacial score (nSPS) is 12.4. The van der Waals surface area contributed by atoms with Crippen LogP contribution in [-0.4, -0.2) is 24.7 Å². The molecule has 4 nitrogen and oxygen atoms in total. The Morgan fingerprint density at radius 2 is 1.85 bits per heavy atom. The third kappa shape index (κ3) is 7.99. The third-order valence-corrected chi connectivity index (χ3v) is 4.78. The van der Waals surface area contributed by atoms with Crippen LogP contribution in [0.1, 0.15) is 39.5 Å². The van der Waals surface area contributed by atoms with E-state index < -0.39 is 10.1 Å². The van der Waals surface area contributed by atoms with Gasteiger partial charge < -0.3 is 5.11 Å². The van der Waals surface area contributed by atoms with Crippen LogP contribution in [0.15, 0.2) is 33.6 Å². The first-order valence-corrected chi connectivity index (χ1v) is 8.92. The van der Waals surface area contributed by atoms with E-state index in [-0.39, 0.29) is 4.90 Å². The molecular formula is C14H23BrO4S. The highest BCUT2D eigenvalue weighted by Crippen LogP contribution is 2.20. The molecule has 20 heavy (non-hydrogen) atoms. The van der Waals surface area contributed by atoms with Crippen LogP contribution in [0, 0.1) is 5.92 Å². The summed E-state index contributed by atoms with van der Waals surface area (Å²) in [5.74, 6) is 0.560. The Morgan fingerprint density at radius 3 is 2.20 bits per heavy atom. The Kier molecular flexibility index (Phi) is 10.1. The molecule has 6 heteroatoms. The van der Waals surface area contributed by atoms with Crippen molar-refractivity contribution < 1.29 is 18.1 Å². The van der Waals surface area contributed by atoms with Gasteiger partial charge in [-0.15, -0.1) is 0 Å². The molecule has 0 amide bonds. The maximum absolute atomic E-state index is 10.6. The van der Waals surface area contributed by atoms with Gasteiger partial charge in [-0.1, -0.05) is 45.2 Å². The summed E-state index contributed by atoms with van der Waals surface area (Å²) in [5.41, 5.74) is 0. The molecule has 0 spiro atoms. The standard InChI is InChI=1S/C8H18O.C6H5BrO3S/c1-3-5-6-8(4-2)7-9;7-5-3-1-2-4-6(5)11(8,9)10/h8-9H,3-7H2,1-2H3;1-4H,(H,8,9,10). The maximum Gasteiger partial charge on any atom is 0.295 e. The molecule has 0 bridgehead atoms. The van der Waals surface area contributed by atoms with Crippen LogP contribution in [0.4, 0.5) is 0 Å². The first kappa shape index (κ1) is 19.6. The summed E-state index contributed by atoms with van der Waals surface area (Å²) in [6.45, 7) is 4.69. The molecule has 0 aliphatic rings. The highest BCUT2D eigenvalue weighted by molar-refractivity contribution is 9.10. The van der Waals surface area contributed by atoms with Crippen LogP contribution in [0.5, 0.6) is 0 Å². The molecule has 1 aromatic rings. The van der Waals surface area contributed by atoms with Gasteiger partial charge in [0.15, 0.2) is 0 Å². The zero-order chi connectivity index (χ0) is 15.6. The molecule has 2 N–H and O–H groups in total. The molecule has 0 heterocycles. The van der Waals surface area contributed by atoms with E-state index in [0.717, 1.165) is 6.42 Å². The minimum absolute atomic E-state index is 0.111. The van der Waals surface area contributed by atoms with Gasteiger partial charge in [0, 0.05) is 11.1 Å². The second kappa shape index (κ2) is 10.3. The molecule has 0 aliphatic heterocycles. The minimum atomic E-state index is -4.08. The van der Waals surface area contributed by atoms with Crippen molar-refractivity contribution in [1.82, 2.24) is 0 Å². The molecule has 116 valence electrons. The van der Waals surface area contributed by atoms with Crippen molar-refractivity contribution in [3.8, 4) is 0 Å². The van der Waals surface area contributed by atoms with Gasteiger partial charge in [0.2, 0.25) is 0 Å². The van der Waals surface area contributed by atoms with Crippen molar-refractivity contribution in [2.24, 2.45) is 5.92 Å². The fourth-order valence-corrected chi connectivity index (χ4v) is 3.03. The second-order valence-corrected chi connectivity index (χ2v) is 6.75. The summed E-state index contributed by atoms with van der Waals surface area (Å²) in [6, 6.07) is 6.06. The monoisotopic (exact) mass is 366 g/mol. The van der Waals surface area contributed by atoms with Gasteiger partial charge in [-0.3, -0.25) is 4.55 Å². The molecule has 0 saturated heterocycles. The first-order valence-electron chi connectivity index (χ1n) is 6.69. The maximum atomic E-state index is 10.6. The largest absolute Gasteiger partial charge is 0.396 e. The van der Waals surface area contributed by atoms with Gasteiger partial charge in [0.05, 0.1) is 0 Å². The van der Waals surface area contributed by atoms with E-state index in [2.05, 4.69) is 29.8 Å². The topological polar surface area (TPSA) is 74.6 Å². The third-order valence-electron chi connectivity index (χ3n) is 2.92. The quantitative estimate of drug-likeness (QED) is 0.748. The predicted octanol–water partition coefficient (Wildman–Crippen LogP) is 3.89. The second-order valence-electron chi connectivity index (χ2n) is 4.50. The van der Waals surface area contributed by atoms with E-state index in [9.17, 15) is 8.42 Å². The minimum Gasteiger partial charge on any atom is -0.396 e. The van der Waals surface area contributed by atoms with Gasteiger partial charge >= 0.3 is 0 Å². The summed E-state index contributed by atoms with van der Waals surface area (Å²) in [6.07, 6.45) is 4.83. The van der Waals surface area contributed by atoms with E-state index in [1.807, 2.05) is 0 Å². The molecule has 0 fully saturated rings. The molecule has 0 saturated carbocycles. The van der Waals surface area contributed by atoms with E-state index in [1.165, 1.54) is 31.4 Å². The zero-order valence-corrected chi connectivity index (χ0v) is 14.3. The smallest absolute Gasteiger partial charge is 0.295 e. The van der Waals surface area contributed by atoms with E-state index in [1.54, 1.807) is 12.1 Å². The molecule has 1 aromatic carbocycles. The van der Waals surface area contributed by atoms with E-state index in [0.29, 0.717) is 17.0 Å². The van der Waals surface area contributed by atoms with Crippen molar-refractivity contribution in [3.63, 3.8) is 0 Å². The van der Waals surface area contributed by atoms with Crippen LogP contribution in [-0.2, 0) is 10.1 Å². The molecule has 1 rings (SSSR count). The molecular weight excluding hydrogens is 344 g/mol. The van der Waals surface area contributed by atoms with Crippen LogP contribution < -0.4 is 0 Å². The van der Waals surface area contributed by atoms with Gasteiger partial charge in [-0.25, -0.2) is 0 Å². The molecule has 0 aromatic heterocycles. The molecule has 0 aliphatic carbocycles. The fourth-order valence-electron chi connectivity index (χ4n) is 1.57. The average Bonchev–Trinajstić information content (AvgIpc) is 2.40. The number of unbranched alkanes of at least 4 members (excludes halogenated alkanes) is 1. The Labute approximate surface area is 130 Å². The summed E-state index contributed by atoms with van der Waals surface area (Å²) >= 11 is 2.99. The number of hydrogen-bond acceptors (Lipinski definition) is 3. The Morgan fingerprint density at radius 1 is 1.25 bits per heavy atom. The number of benzene rings is 1. The van der Waals surface area contributed by atoms with E-state index in [4.69, 9.17) is 9.66 Å². The van der Waals surface area contributed by atoms with Crippen molar-refractivity contribution in [3.05, 3.63) is 28.7 Å². The summed E-state index contributed by atoms with van der Waals surface area (Å²) in [7, 11) is -4.08.